The van der Waals surface area contributed by atoms with Crippen molar-refractivity contribution >= 4 is 35.0 Å². The van der Waals surface area contributed by atoms with Crippen LogP contribution in [0.3, 0.4) is 0 Å². The summed E-state index contributed by atoms with van der Waals surface area (Å²) in [7, 11) is 0. The fraction of sp³-hybridized carbons (Fsp3) is 0.154. The number of rotatable bonds is 3. The highest BCUT2D eigenvalue weighted by Gasteiger charge is 2.28. The van der Waals surface area contributed by atoms with Gasteiger partial charge in [-0.15, -0.1) is 11.3 Å². The molecule has 0 amide bonds. The first-order chi connectivity index (χ1) is 8.94. The summed E-state index contributed by atoms with van der Waals surface area (Å²) in [6.45, 7) is 1.99. The monoisotopic (exact) mass is 301 g/mol. The lowest BCUT2D eigenvalue weighted by atomic mass is 10.3. The van der Waals surface area contributed by atoms with Crippen molar-refractivity contribution in [2.45, 2.75) is 17.3 Å². The Labute approximate surface area is 117 Å². The molecule has 19 heavy (non-hydrogen) atoms. The summed E-state index contributed by atoms with van der Waals surface area (Å²) in [6, 6.07) is 7.99. The molecule has 0 radical (unpaired) electrons. The van der Waals surface area contributed by atoms with E-state index < -0.39 is 5.51 Å². The highest BCUT2D eigenvalue weighted by Crippen LogP contribution is 2.37. The molecular formula is C13H10F3NS2. The lowest BCUT2D eigenvalue weighted by Crippen LogP contribution is -1.98. The largest absolute Gasteiger partial charge is 0.446 e. The standard InChI is InChI=1S/C13H10F3NS2/c1-9-6-7-18-12(9)8-17-10-2-4-11(5-3-10)19-13(14,15)16/h2-8H,1H3. The summed E-state index contributed by atoms with van der Waals surface area (Å²) < 4.78 is 36.5. The van der Waals surface area contributed by atoms with Gasteiger partial charge in [0.25, 0.3) is 0 Å². The van der Waals surface area contributed by atoms with Gasteiger partial charge in [-0.1, -0.05) is 0 Å². The molecule has 1 nitrogen and oxygen atoms in total. The molecule has 1 aromatic carbocycles. The average Bonchev–Trinajstić information content (AvgIpc) is 2.72. The normalized spacial score (nSPS) is 12.2. The molecule has 0 N–H and O–H groups in total. The third-order valence-electron chi connectivity index (χ3n) is 2.30. The number of hydrogen-bond donors (Lipinski definition) is 0. The van der Waals surface area contributed by atoms with E-state index in [0.717, 1.165) is 10.4 Å². The van der Waals surface area contributed by atoms with Crippen molar-refractivity contribution in [3.05, 3.63) is 46.2 Å². The zero-order chi connectivity index (χ0) is 13.9. The van der Waals surface area contributed by atoms with Gasteiger partial charge in [0.2, 0.25) is 0 Å². The molecule has 0 aliphatic heterocycles. The molecule has 0 spiro atoms. The molecule has 2 aromatic rings. The number of aliphatic imine (C=N–C) groups is 1. The van der Waals surface area contributed by atoms with Crippen LogP contribution in [0.5, 0.6) is 0 Å². The van der Waals surface area contributed by atoms with Crippen molar-refractivity contribution in [2.24, 2.45) is 4.99 Å². The van der Waals surface area contributed by atoms with Crippen LogP contribution in [0.15, 0.2) is 45.6 Å². The highest BCUT2D eigenvalue weighted by atomic mass is 32.2. The molecule has 0 saturated carbocycles. The Morgan fingerprint density at radius 1 is 1.16 bits per heavy atom. The molecule has 100 valence electrons. The van der Waals surface area contributed by atoms with Crippen LogP contribution in [0.4, 0.5) is 18.9 Å². The molecule has 0 unspecified atom stereocenters. The zero-order valence-electron chi connectivity index (χ0n) is 9.94. The number of thioether (sulfide) groups is 1. The molecule has 2 rings (SSSR count). The summed E-state index contributed by atoms with van der Waals surface area (Å²) in [5.74, 6) is 0. The Morgan fingerprint density at radius 3 is 2.37 bits per heavy atom. The molecule has 0 bridgehead atoms. The number of alkyl halides is 3. The smallest absolute Gasteiger partial charge is 0.255 e. The van der Waals surface area contributed by atoms with Gasteiger partial charge >= 0.3 is 5.51 Å². The first-order valence-corrected chi connectivity index (χ1v) is 7.08. The maximum Gasteiger partial charge on any atom is 0.446 e. The van der Waals surface area contributed by atoms with Gasteiger partial charge in [0.15, 0.2) is 0 Å². The fourth-order valence-corrected chi connectivity index (χ4v) is 2.71. The Morgan fingerprint density at radius 2 is 1.84 bits per heavy atom. The van der Waals surface area contributed by atoms with Crippen molar-refractivity contribution in [3.8, 4) is 0 Å². The number of hydrogen-bond acceptors (Lipinski definition) is 3. The zero-order valence-corrected chi connectivity index (χ0v) is 11.6. The van der Waals surface area contributed by atoms with Crippen molar-refractivity contribution in [1.29, 1.82) is 0 Å². The van der Waals surface area contributed by atoms with Crippen LogP contribution in [0.2, 0.25) is 0 Å². The maximum absolute atomic E-state index is 12.2. The third kappa shape index (κ3) is 4.40. The summed E-state index contributed by atoms with van der Waals surface area (Å²) in [5.41, 5.74) is -2.48. The van der Waals surface area contributed by atoms with Crippen LogP contribution in [0.25, 0.3) is 0 Å². The van der Waals surface area contributed by atoms with E-state index in [9.17, 15) is 13.2 Å². The van der Waals surface area contributed by atoms with E-state index >= 15 is 0 Å². The molecule has 0 aliphatic rings. The third-order valence-corrected chi connectivity index (χ3v) is 4.00. The van der Waals surface area contributed by atoms with Gasteiger partial charge in [-0.3, -0.25) is 4.99 Å². The van der Waals surface area contributed by atoms with Crippen molar-refractivity contribution < 1.29 is 13.2 Å². The van der Waals surface area contributed by atoms with Gasteiger partial charge in [-0.25, -0.2) is 0 Å². The molecular weight excluding hydrogens is 291 g/mol. The van der Waals surface area contributed by atoms with Gasteiger partial charge < -0.3 is 0 Å². The van der Waals surface area contributed by atoms with E-state index in [-0.39, 0.29) is 16.7 Å². The summed E-state index contributed by atoms with van der Waals surface area (Å²) >= 11 is 1.46. The minimum atomic E-state index is -4.25. The minimum Gasteiger partial charge on any atom is -0.255 e. The summed E-state index contributed by atoms with van der Waals surface area (Å²) in [5, 5.41) is 1.97. The van der Waals surface area contributed by atoms with Crippen LogP contribution < -0.4 is 0 Å². The first kappa shape index (κ1) is 14.1. The van der Waals surface area contributed by atoms with Crippen molar-refractivity contribution in [2.75, 3.05) is 0 Å². The van der Waals surface area contributed by atoms with E-state index in [1.807, 2.05) is 18.4 Å². The molecule has 0 fully saturated rings. The second-order valence-electron chi connectivity index (χ2n) is 3.77. The maximum atomic E-state index is 12.2. The Balaban J connectivity index is 2.07. The number of thiophene rings is 1. The summed E-state index contributed by atoms with van der Waals surface area (Å²) in [6.07, 6.45) is 1.73. The average molecular weight is 301 g/mol. The lowest BCUT2D eigenvalue weighted by molar-refractivity contribution is -0.0328. The van der Waals surface area contributed by atoms with E-state index in [1.54, 1.807) is 29.7 Å². The van der Waals surface area contributed by atoms with E-state index in [1.165, 1.54) is 12.1 Å². The molecule has 1 heterocycles. The number of aryl methyl sites for hydroxylation is 1. The Bertz CT molecular complexity index is 570. The SMILES string of the molecule is Cc1ccsc1C=Nc1ccc(SC(F)(F)F)cc1. The van der Waals surface area contributed by atoms with Gasteiger partial charge in [-0.2, -0.15) is 13.2 Å². The van der Waals surface area contributed by atoms with Crippen molar-refractivity contribution in [3.63, 3.8) is 0 Å². The van der Waals surface area contributed by atoms with Crippen LogP contribution >= 0.6 is 23.1 Å². The van der Waals surface area contributed by atoms with E-state index in [2.05, 4.69) is 4.99 Å². The molecule has 0 saturated heterocycles. The molecule has 6 heteroatoms. The van der Waals surface area contributed by atoms with Crippen LogP contribution in [0, 0.1) is 6.92 Å². The van der Waals surface area contributed by atoms with Gasteiger partial charge in [0, 0.05) is 16.0 Å². The Kier molecular flexibility index (Phi) is 4.31. The van der Waals surface area contributed by atoms with Crippen LogP contribution in [-0.2, 0) is 0 Å². The van der Waals surface area contributed by atoms with E-state index in [0.29, 0.717) is 5.69 Å². The predicted molar refractivity (Wildman–Crippen MR) is 74.7 cm³/mol. The van der Waals surface area contributed by atoms with Crippen LogP contribution in [0.1, 0.15) is 10.4 Å². The molecule has 0 aliphatic carbocycles. The molecule has 0 atom stereocenters. The van der Waals surface area contributed by atoms with Gasteiger partial charge in [-0.05, 0) is 60.0 Å². The molecule has 1 aromatic heterocycles. The van der Waals surface area contributed by atoms with Crippen molar-refractivity contribution in [1.82, 2.24) is 0 Å². The second kappa shape index (κ2) is 5.79. The van der Waals surface area contributed by atoms with Gasteiger partial charge in [0.05, 0.1) is 5.69 Å². The first-order valence-electron chi connectivity index (χ1n) is 5.38. The Hall–Kier alpha value is -1.27. The van der Waals surface area contributed by atoms with Crippen LogP contribution in [-0.4, -0.2) is 11.7 Å². The number of benzene rings is 1. The summed E-state index contributed by atoms with van der Waals surface area (Å²) in [4.78, 5) is 5.46. The second-order valence-corrected chi connectivity index (χ2v) is 5.85. The quantitative estimate of drug-likeness (QED) is 0.544. The van der Waals surface area contributed by atoms with Gasteiger partial charge in [0.1, 0.15) is 0 Å². The number of nitrogens with zero attached hydrogens (tertiary/aromatic N) is 1. The van der Waals surface area contributed by atoms with E-state index in [4.69, 9.17) is 0 Å². The lowest BCUT2D eigenvalue weighted by Gasteiger charge is -2.04. The number of halogens is 3. The minimum absolute atomic E-state index is 0.122. The predicted octanol–water partition coefficient (Wildman–Crippen LogP) is 5.42. The topological polar surface area (TPSA) is 12.4 Å². The highest BCUT2D eigenvalue weighted by molar-refractivity contribution is 8.00. The fourth-order valence-electron chi connectivity index (χ4n) is 1.38.